The summed E-state index contributed by atoms with van der Waals surface area (Å²) in [7, 11) is 0. The maximum atomic E-state index is 13.8. The normalized spacial score (nSPS) is 28.7. The van der Waals surface area contributed by atoms with Gasteiger partial charge in [-0.05, 0) is 80.3 Å². The molecule has 2 aromatic carbocycles. The lowest BCUT2D eigenvalue weighted by atomic mass is 9.56. The number of rotatable bonds is 5. The predicted molar refractivity (Wildman–Crippen MR) is 127 cm³/mol. The number of nitrogens with one attached hydrogen (secondary N) is 1. The van der Waals surface area contributed by atoms with E-state index in [4.69, 9.17) is 23.2 Å². The van der Waals surface area contributed by atoms with E-state index in [0.717, 1.165) is 28.7 Å². The topological polar surface area (TPSA) is 66.4 Å². The van der Waals surface area contributed by atoms with E-state index < -0.39 is 16.9 Å². The molecule has 0 bridgehead atoms. The summed E-state index contributed by atoms with van der Waals surface area (Å²) in [6.07, 6.45) is 2.09. The van der Waals surface area contributed by atoms with Gasteiger partial charge in [-0.2, -0.15) is 0 Å². The molecule has 2 N–H and O–H groups in total. The van der Waals surface area contributed by atoms with Gasteiger partial charge >= 0.3 is 0 Å². The highest BCUT2D eigenvalue weighted by Gasteiger charge is 2.60. The van der Waals surface area contributed by atoms with Gasteiger partial charge in [-0.25, -0.2) is 0 Å². The number of fused-ring (bicyclic) bond motifs is 3. The highest BCUT2D eigenvalue weighted by Crippen LogP contribution is 2.65. The van der Waals surface area contributed by atoms with Crippen molar-refractivity contribution in [1.82, 2.24) is 5.32 Å². The molecule has 0 aliphatic heterocycles. The van der Waals surface area contributed by atoms with Gasteiger partial charge in [0.25, 0.3) is 0 Å². The van der Waals surface area contributed by atoms with Crippen LogP contribution < -0.4 is 5.32 Å². The number of ketones is 1. The zero-order chi connectivity index (χ0) is 23.3. The van der Waals surface area contributed by atoms with E-state index >= 15 is 0 Å². The number of amides is 1. The summed E-state index contributed by atoms with van der Waals surface area (Å²) in [6.45, 7) is 5.69. The molecule has 0 saturated heterocycles. The quantitative estimate of drug-likeness (QED) is 0.584. The molecule has 4 nitrogen and oxygen atoms in total. The molecule has 0 spiro atoms. The molecule has 0 heterocycles. The Kier molecular flexibility index (Phi) is 6.17. The second-order valence-corrected chi connectivity index (χ2v) is 10.7. The maximum Gasteiger partial charge on any atom is 0.228 e. The Balaban J connectivity index is 1.76. The van der Waals surface area contributed by atoms with E-state index in [1.165, 1.54) is 0 Å². The van der Waals surface area contributed by atoms with E-state index in [9.17, 15) is 14.7 Å². The molecule has 1 saturated carbocycles. The minimum atomic E-state index is -0.917. The van der Waals surface area contributed by atoms with Gasteiger partial charge in [0.05, 0.1) is 11.5 Å². The first kappa shape index (κ1) is 23.3. The zero-order valence-electron chi connectivity index (χ0n) is 18.7. The summed E-state index contributed by atoms with van der Waals surface area (Å²) in [5, 5.41) is 15.2. The Morgan fingerprint density at radius 1 is 1.22 bits per heavy atom. The van der Waals surface area contributed by atoms with Crippen LogP contribution in [0.1, 0.15) is 73.6 Å². The van der Waals surface area contributed by atoms with E-state index in [1.54, 1.807) is 25.1 Å². The average Bonchev–Trinajstić information content (AvgIpc) is 2.95. The van der Waals surface area contributed by atoms with Crippen LogP contribution in [0.2, 0.25) is 10.0 Å². The number of carbonyl (C=O) groups excluding carboxylic acids is 2. The van der Waals surface area contributed by atoms with Crippen LogP contribution in [0.4, 0.5) is 0 Å². The molecule has 2 aliphatic rings. The van der Waals surface area contributed by atoms with E-state index in [-0.39, 0.29) is 30.6 Å². The molecule has 2 aliphatic carbocycles. The van der Waals surface area contributed by atoms with Crippen LogP contribution in [0.25, 0.3) is 0 Å². The van der Waals surface area contributed by atoms with Crippen LogP contribution in [0.15, 0.2) is 36.4 Å². The zero-order valence-corrected chi connectivity index (χ0v) is 20.2. The summed E-state index contributed by atoms with van der Waals surface area (Å²) in [6, 6.07) is 11.3. The van der Waals surface area contributed by atoms with E-state index in [1.807, 2.05) is 26.0 Å². The van der Waals surface area contributed by atoms with Gasteiger partial charge in [0, 0.05) is 28.4 Å². The van der Waals surface area contributed by atoms with Crippen molar-refractivity contribution in [2.45, 2.75) is 70.4 Å². The monoisotopic (exact) mass is 473 g/mol. The predicted octanol–water partition coefficient (Wildman–Crippen LogP) is 5.70. The van der Waals surface area contributed by atoms with Crippen molar-refractivity contribution < 1.29 is 14.7 Å². The molecule has 0 aromatic heterocycles. The summed E-state index contributed by atoms with van der Waals surface area (Å²) in [5.41, 5.74) is 2.42. The lowest BCUT2D eigenvalue weighted by Crippen LogP contribution is -2.48. The number of benzene rings is 2. The fourth-order valence-electron chi connectivity index (χ4n) is 6.21. The molecular weight excluding hydrogens is 445 g/mol. The standard InChI is InChI=1S/C26H29Cl2NO3/c1-15-5-4-6-19-20-9-10-25(3,32)14-26(20,12-16(2)30)23(22(15)19)24(31)29-13-17-7-8-18(27)11-21(17)28/h4-8,11,20,23,32H,9-10,12-14H2,1-3H3,(H,29,31)/t20-,23+,25-,26+/m0/s1. The Morgan fingerprint density at radius 3 is 2.66 bits per heavy atom. The van der Waals surface area contributed by atoms with Gasteiger partial charge in [-0.3, -0.25) is 4.79 Å². The number of aryl methyl sites for hydroxylation is 1. The lowest BCUT2D eigenvalue weighted by molar-refractivity contribution is -0.133. The smallest absolute Gasteiger partial charge is 0.228 e. The first-order valence-electron chi connectivity index (χ1n) is 11.1. The first-order valence-corrected chi connectivity index (χ1v) is 11.8. The van der Waals surface area contributed by atoms with Crippen molar-refractivity contribution in [3.63, 3.8) is 0 Å². The van der Waals surface area contributed by atoms with Crippen molar-refractivity contribution in [3.05, 3.63) is 68.7 Å². The van der Waals surface area contributed by atoms with E-state index in [2.05, 4.69) is 11.4 Å². The molecular formula is C26H29Cl2NO3. The molecule has 0 radical (unpaired) electrons. The van der Waals surface area contributed by atoms with Gasteiger partial charge in [0.2, 0.25) is 5.91 Å². The average molecular weight is 474 g/mol. The van der Waals surface area contributed by atoms with Gasteiger partial charge in [-0.15, -0.1) is 0 Å². The molecule has 1 fully saturated rings. The number of hydrogen-bond acceptors (Lipinski definition) is 3. The van der Waals surface area contributed by atoms with Crippen molar-refractivity contribution in [2.75, 3.05) is 0 Å². The molecule has 0 unspecified atom stereocenters. The Hall–Kier alpha value is -1.88. The second kappa shape index (κ2) is 8.48. The SMILES string of the molecule is CC(=O)C[C@@]12C[C@@](C)(O)CC[C@H]1c1cccc(C)c1[C@@H]2C(=O)NCc1ccc(Cl)cc1Cl. The number of aliphatic hydroxyl groups is 1. The van der Waals surface area contributed by atoms with E-state index in [0.29, 0.717) is 22.9 Å². The van der Waals surface area contributed by atoms with Crippen molar-refractivity contribution in [1.29, 1.82) is 0 Å². The highest BCUT2D eigenvalue weighted by atomic mass is 35.5. The minimum absolute atomic E-state index is 0.0386. The summed E-state index contributed by atoms with van der Waals surface area (Å²) >= 11 is 12.3. The Labute approximate surface area is 199 Å². The van der Waals surface area contributed by atoms with Crippen LogP contribution in [-0.4, -0.2) is 22.4 Å². The highest BCUT2D eigenvalue weighted by molar-refractivity contribution is 6.35. The van der Waals surface area contributed by atoms with Crippen LogP contribution >= 0.6 is 23.2 Å². The fraction of sp³-hybridized carbons (Fsp3) is 0.462. The Morgan fingerprint density at radius 2 is 1.97 bits per heavy atom. The third kappa shape index (κ3) is 4.09. The minimum Gasteiger partial charge on any atom is -0.390 e. The number of Topliss-reactive ketones (excluding diaryl/α,β-unsaturated/α-hetero) is 1. The third-order valence-electron chi connectivity index (χ3n) is 7.28. The maximum absolute atomic E-state index is 13.8. The van der Waals surface area contributed by atoms with Crippen LogP contribution in [0, 0.1) is 12.3 Å². The van der Waals surface area contributed by atoms with Gasteiger partial charge in [0.15, 0.2) is 0 Å². The van der Waals surface area contributed by atoms with Crippen LogP contribution in [-0.2, 0) is 16.1 Å². The molecule has 1 amide bonds. The van der Waals surface area contributed by atoms with Crippen LogP contribution in [0.5, 0.6) is 0 Å². The number of carbonyl (C=O) groups is 2. The van der Waals surface area contributed by atoms with Crippen molar-refractivity contribution >= 4 is 34.9 Å². The van der Waals surface area contributed by atoms with Crippen molar-refractivity contribution in [3.8, 4) is 0 Å². The molecule has 170 valence electrons. The second-order valence-electron chi connectivity index (χ2n) is 9.84. The molecule has 32 heavy (non-hydrogen) atoms. The van der Waals surface area contributed by atoms with Crippen molar-refractivity contribution in [2.24, 2.45) is 5.41 Å². The Bertz CT molecular complexity index is 1080. The van der Waals surface area contributed by atoms with Gasteiger partial charge in [0.1, 0.15) is 5.78 Å². The largest absolute Gasteiger partial charge is 0.390 e. The number of halogens is 2. The summed E-state index contributed by atoms with van der Waals surface area (Å²) < 4.78 is 0. The van der Waals surface area contributed by atoms with Gasteiger partial charge < -0.3 is 15.2 Å². The first-order chi connectivity index (χ1) is 15.0. The molecule has 4 rings (SSSR count). The van der Waals surface area contributed by atoms with Crippen LogP contribution in [0.3, 0.4) is 0 Å². The lowest BCUT2D eigenvalue weighted by Gasteiger charge is -2.48. The number of hydrogen-bond donors (Lipinski definition) is 2. The molecule has 4 atom stereocenters. The van der Waals surface area contributed by atoms with Gasteiger partial charge in [-0.1, -0.05) is 47.5 Å². The molecule has 2 aromatic rings. The summed E-state index contributed by atoms with van der Waals surface area (Å²) in [4.78, 5) is 26.3. The fourth-order valence-corrected chi connectivity index (χ4v) is 6.69. The molecule has 6 heteroatoms. The third-order valence-corrected chi connectivity index (χ3v) is 7.87. The summed E-state index contributed by atoms with van der Waals surface area (Å²) in [5.74, 6) is -0.536.